The van der Waals surface area contributed by atoms with Gasteiger partial charge in [-0.3, -0.25) is 9.89 Å². The van der Waals surface area contributed by atoms with Crippen LogP contribution in [0.4, 0.5) is 0 Å². The Kier molecular flexibility index (Phi) is 4.11. The van der Waals surface area contributed by atoms with E-state index < -0.39 is 11.4 Å². The van der Waals surface area contributed by atoms with Crippen LogP contribution in [0.1, 0.15) is 17.3 Å². The van der Waals surface area contributed by atoms with Gasteiger partial charge in [0.05, 0.1) is 18.5 Å². The van der Waals surface area contributed by atoms with Crippen LogP contribution >= 0.6 is 23.2 Å². The Morgan fingerprint density at radius 2 is 2.00 bits per heavy atom. The summed E-state index contributed by atoms with van der Waals surface area (Å²) < 4.78 is 6.32. The molecule has 6 nitrogen and oxygen atoms in total. The van der Waals surface area contributed by atoms with Crippen LogP contribution in [0, 0.1) is 0 Å². The van der Waals surface area contributed by atoms with E-state index in [1.807, 2.05) is 0 Å². The second kappa shape index (κ2) is 6.06. The summed E-state index contributed by atoms with van der Waals surface area (Å²) in [5.41, 5.74) is 0.760. The van der Waals surface area contributed by atoms with E-state index >= 15 is 0 Å². The van der Waals surface area contributed by atoms with Gasteiger partial charge in [0.15, 0.2) is 0 Å². The fourth-order valence-corrected chi connectivity index (χ4v) is 2.75. The number of aromatic amines is 1. The monoisotopic (exact) mass is 351 g/mol. The second-order valence-corrected chi connectivity index (χ2v) is 5.57. The van der Waals surface area contributed by atoms with Gasteiger partial charge in [-0.15, -0.1) is 0 Å². The van der Waals surface area contributed by atoms with Crippen LogP contribution in [0.5, 0.6) is 0 Å². The molecule has 0 aliphatic rings. The molecule has 0 saturated heterocycles. The maximum absolute atomic E-state index is 12.4. The number of nitrogens with zero attached hydrogens (tertiary/aromatic N) is 2. The molecule has 0 atom stereocenters. The number of fused-ring (bicyclic) bond motifs is 1. The predicted molar refractivity (Wildman–Crippen MR) is 87.2 cm³/mol. The molecule has 3 aromatic rings. The average molecular weight is 352 g/mol. The standard InChI is InChI=1S/C15H11Cl2N3O3/c1-2-23-15(22)11-6-19-20-12(7-18-14(20)13(11)21)8-3-9(16)5-10(17)4-8/h3-7,19H,2H2,1H3. The lowest BCUT2D eigenvalue weighted by Crippen LogP contribution is -2.20. The number of ether oxygens (including phenoxy) is 1. The number of nitrogens with one attached hydrogen (secondary N) is 1. The van der Waals surface area contributed by atoms with Crippen molar-refractivity contribution >= 4 is 34.8 Å². The molecule has 0 radical (unpaired) electrons. The molecule has 2 heterocycles. The van der Waals surface area contributed by atoms with Crippen LogP contribution < -0.4 is 5.43 Å². The minimum atomic E-state index is -0.688. The Balaban J connectivity index is 2.17. The largest absolute Gasteiger partial charge is 0.462 e. The number of esters is 1. The van der Waals surface area contributed by atoms with E-state index in [-0.39, 0.29) is 17.8 Å². The number of H-pyrrole nitrogens is 1. The molecule has 118 valence electrons. The molecule has 2 aromatic heterocycles. The van der Waals surface area contributed by atoms with Gasteiger partial charge in [-0.25, -0.2) is 14.3 Å². The number of carbonyl (C=O) groups is 1. The van der Waals surface area contributed by atoms with Crippen molar-refractivity contribution < 1.29 is 9.53 Å². The number of halogens is 2. The average Bonchev–Trinajstić information content (AvgIpc) is 2.91. The molecule has 23 heavy (non-hydrogen) atoms. The first-order valence-electron chi connectivity index (χ1n) is 6.74. The SMILES string of the molecule is CCOC(=O)c1c[nH]n2c(-c3cc(Cl)cc(Cl)c3)cnc2c1=O. The third-order valence-corrected chi connectivity index (χ3v) is 3.64. The molecule has 0 unspecified atom stereocenters. The summed E-state index contributed by atoms with van der Waals surface area (Å²) in [6, 6.07) is 5.01. The van der Waals surface area contributed by atoms with Crippen LogP contribution in [-0.2, 0) is 4.74 Å². The van der Waals surface area contributed by atoms with Crippen LogP contribution in [0.2, 0.25) is 10.0 Å². The Labute approximate surface area is 140 Å². The smallest absolute Gasteiger partial charge is 0.343 e. The van der Waals surface area contributed by atoms with Crippen molar-refractivity contribution in [3.8, 4) is 11.3 Å². The summed E-state index contributed by atoms with van der Waals surface area (Å²) in [6.07, 6.45) is 2.80. The molecule has 8 heteroatoms. The van der Waals surface area contributed by atoms with Crippen LogP contribution in [0.25, 0.3) is 16.9 Å². The van der Waals surface area contributed by atoms with Gasteiger partial charge in [-0.2, -0.15) is 0 Å². The number of rotatable bonds is 3. The number of hydrogen-bond acceptors (Lipinski definition) is 4. The Bertz CT molecular complexity index is 942. The van der Waals surface area contributed by atoms with E-state index in [1.165, 1.54) is 16.9 Å². The number of carbonyl (C=O) groups excluding carboxylic acids is 1. The van der Waals surface area contributed by atoms with Crippen molar-refractivity contribution in [2.45, 2.75) is 6.92 Å². The molecule has 1 N–H and O–H groups in total. The fourth-order valence-electron chi connectivity index (χ4n) is 2.22. The van der Waals surface area contributed by atoms with E-state index in [0.29, 0.717) is 21.3 Å². The summed E-state index contributed by atoms with van der Waals surface area (Å²) >= 11 is 12.0. The third kappa shape index (κ3) is 2.83. The van der Waals surface area contributed by atoms with E-state index in [2.05, 4.69) is 10.1 Å². The van der Waals surface area contributed by atoms with Crippen molar-refractivity contribution in [1.82, 2.24) is 14.6 Å². The maximum Gasteiger partial charge on any atom is 0.343 e. The van der Waals surface area contributed by atoms with Crippen molar-refractivity contribution in [1.29, 1.82) is 0 Å². The van der Waals surface area contributed by atoms with Gasteiger partial charge < -0.3 is 4.74 Å². The van der Waals surface area contributed by atoms with Crippen molar-refractivity contribution in [2.75, 3.05) is 6.61 Å². The van der Waals surface area contributed by atoms with Gasteiger partial charge >= 0.3 is 5.97 Å². The zero-order valence-corrected chi connectivity index (χ0v) is 13.5. The first-order chi connectivity index (χ1) is 11.0. The molecule has 0 bridgehead atoms. The van der Waals surface area contributed by atoms with E-state index in [1.54, 1.807) is 25.1 Å². The number of imidazole rings is 1. The van der Waals surface area contributed by atoms with Gasteiger partial charge in [-0.05, 0) is 25.1 Å². The molecular weight excluding hydrogens is 341 g/mol. The zero-order chi connectivity index (χ0) is 16.6. The maximum atomic E-state index is 12.4. The van der Waals surface area contributed by atoms with Gasteiger partial charge in [0.2, 0.25) is 11.1 Å². The highest BCUT2D eigenvalue weighted by Gasteiger charge is 2.17. The lowest BCUT2D eigenvalue weighted by molar-refractivity contribution is 0.0524. The second-order valence-electron chi connectivity index (χ2n) is 4.70. The lowest BCUT2D eigenvalue weighted by atomic mass is 10.2. The number of aromatic nitrogens is 3. The quantitative estimate of drug-likeness (QED) is 0.735. The minimum absolute atomic E-state index is 0.0849. The van der Waals surface area contributed by atoms with Crippen LogP contribution in [0.15, 0.2) is 35.4 Å². The summed E-state index contributed by atoms with van der Waals surface area (Å²) in [5, 5.41) is 3.78. The highest BCUT2D eigenvalue weighted by molar-refractivity contribution is 6.35. The van der Waals surface area contributed by atoms with Gasteiger partial charge in [-0.1, -0.05) is 23.2 Å². The number of benzene rings is 1. The molecule has 1 aromatic carbocycles. The topological polar surface area (TPSA) is 76.5 Å². The van der Waals surface area contributed by atoms with Gasteiger partial charge in [0.1, 0.15) is 5.56 Å². The normalized spacial score (nSPS) is 10.9. The Morgan fingerprint density at radius 1 is 1.30 bits per heavy atom. The van der Waals surface area contributed by atoms with E-state index in [9.17, 15) is 9.59 Å². The molecule has 0 spiro atoms. The summed E-state index contributed by atoms with van der Waals surface area (Å²) in [7, 11) is 0. The van der Waals surface area contributed by atoms with E-state index in [0.717, 1.165) is 0 Å². The first kappa shape index (κ1) is 15.6. The van der Waals surface area contributed by atoms with Crippen molar-refractivity contribution in [3.05, 3.63) is 56.4 Å². The Morgan fingerprint density at radius 3 is 2.65 bits per heavy atom. The molecule has 0 saturated carbocycles. The fraction of sp³-hybridized carbons (Fsp3) is 0.133. The summed E-state index contributed by atoms with van der Waals surface area (Å²) in [4.78, 5) is 28.2. The lowest BCUT2D eigenvalue weighted by Gasteiger charge is -2.05. The predicted octanol–water partition coefficient (Wildman–Crippen LogP) is 3.17. The third-order valence-electron chi connectivity index (χ3n) is 3.20. The van der Waals surface area contributed by atoms with E-state index in [4.69, 9.17) is 27.9 Å². The molecule has 0 aliphatic carbocycles. The van der Waals surface area contributed by atoms with Crippen LogP contribution in [-0.4, -0.2) is 27.2 Å². The zero-order valence-electron chi connectivity index (χ0n) is 12.0. The first-order valence-corrected chi connectivity index (χ1v) is 7.49. The molecule has 0 fully saturated rings. The summed E-state index contributed by atoms with van der Waals surface area (Å²) in [6.45, 7) is 1.85. The van der Waals surface area contributed by atoms with Crippen molar-refractivity contribution in [3.63, 3.8) is 0 Å². The van der Waals surface area contributed by atoms with Gasteiger partial charge in [0, 0.05) is 21.8 Å². The summed E-state index contributed by atoms with van der Waals surface area (Å²) in [5.74, 6) is -0.688. The minimum Gasteiger partial charge on any atom is -0.462 e. The van der Waals surface area contributed by atoms with Crippen LogP contribution in [0.3, 0.4) is 0 Å². The van der Waals surface area contributed by atoms with Gasteiger partial charge in [0.25, 0.3) is 0 Å². The molecular formula is C15H11Cl2N3O3. The Hall–Kier alpha value is -2.31. The highest BCUT2D eigenvalue weighted by atomic mass is 35.5. The number of hydrogen-bond donors (Lipinski definition) is 1. The molecule has 0 aliphatic heterocycles. The highest BCUT2D eigenvalue weighted by Crippen LogP contribution is 2.27. The molecule has 3 rings (SSSR count). The molecule has 0 amide bonds. The van der Waals surface area contributed by atoms with Crippen molar-refractivity contribution in [2.24, 2.45) is 0 Å².